The molecule has 86 valence electrons. The van der Waals surface area contributed by atoms with Crippen molar-refractivity contribution < 1.29 is 9.59 Å². The molecule has 6 heteroatoms. The van der Waals surface area contributed by atoms with Crippen LogP contribution in [0.3, 0.4) is 0 Å². The van der Waals surface area contributed by atoms with Gasteiger partial charge in [0.05, 0.1) is 0 Å². The van der Waals surface area contributed by atoms with Crippen molar-refractivity contribution in [1.29, 1.82) is 0 Å². The van der Waals surface area contributed by atoms with E-state index in [0.717, 1.165) is 0 Å². The number of carbonyl (C=O) groups excluding carboxylic acids is 2. The van der Waals surface area contributed by atoms with Gasteiger partial charge in [-0.15, -0.1) is 0 Å². The predicted octanol–water partition coefficient (Wildman–Crippen LogP) is 1.73. The number of amides is 2. The lowest BCUT2D eigenvalue weighted by molar-refractivity contribution is -0.167. The van der Waals surface area contributed by atoms with E-state index in [4.69, 9.17) is 0 Å². The van der Waals surface area contributed by atoms with Crippen LogP contribution in [0.25, 0.3) is 0 Å². The summed E-state index contributed by atoms with van der Waals surface area (Å²) < 4.78 is -0.904. The Bertz CT molecular complexity index is 315. The summed E-state index contributed by atoms with van der Waals surface area (Å²) in [5.41, 5.74) is -0.990. The van der Waals surface area contributed by atoms with Crippen LogP contribution in [0.2, 0.25) is 0 Å². The van der Waals surface area contributed by atoms with Gasteiger partial charge in [0.25, 0.3) is 0 Å². The minimum absolute atomic E-state index is 0.179. The van der Waals surface area contributed by atoms with Gasteiger partial charge in [0, 0.05) is 13.6 Å². The monoisotopic (exact) mass is 340 g/mol. The smallest absolute Gasteiger partial charge is 0.240 e. The maximum Gasteiger partial charge on any atom is 0.240 e. The molecule has 0 atom stereocenters. The largest absolute Gasteiger partial charge is 0.303 e. The first-order valence-corrected chi connectivity index (χ1v) is 6.24. The first kappa shape index (κ1) is 13.0. The molecule has 1 rings (SSSR count). The fraction of sp³-hybridized carbons (Fsp3) is 0.778. The minimum atomic E-state index is -0.990. The molecule has 1 aliphatic heterocycles. The number of carbonyl (C=O) groups is 2. The summed E-state index contributed by atoms with van der Waals surface area (Å²) in [5.74, 6) is -0.382. The average Bonchev–Trinajstić information content (AvgIpc) is 2.14. The summed E-state index contributed by atoms with van der Waals surface area (Å²) in [6.07, 6.45) is 0. The highest BCUT2D eigenvalue weighted by molar-refractivity contribution is 9.25. The number of nitrogens with zero attached hydrogens (tertiary/aromatic N) is 2. The van der Waals surface area contributed by atoms with Crippen molar-refractivity contribution in [3.63, 3.8) is 0 Å². The molecular weight excluding hydrogens is 328 g/mol. The van der Waals surface area contributed by atoms with Crippen LogP contribution < -0.4 is 0 Å². The SMILES string of the molecule is CCN1C(=O)C(C)(C)C(=O)N(C)C1(Br)Br. The standard InChI is InChI=1S/C9H14Br2N2O2/c1-5-13-7(15)8(2,3)6(14)12(4)9(13,10)11/h5H2,1-4H3. The second-order valence-electron chi connectivity index (χ2n) is 4.05. The van der Waals surface area contributed by atoms with E-state index in [0.29, 0.717) is 6.54 Å². The van der Waals surface area contributed by atoms with Crippen LogP contribution in [0, 0.1) is 5.41 Å². The van der Waals surface area contributed by atoms with Crippen molar-refractivity contribution in [3.05, 3.63) is 0 Å². The summed E-state index contributed by atoms with van der Waals surface area (Å²) in [4.78, 5) is 27.1. The molecule has 0 N–H and O–H groups in total. The molecule has 4 nitrogen and oxygen atoms in total. The Morgan fingerprint density at radius 3 is 2.07 bits per heavy atom. The molecule has 0 bridgehead atoms. The molecular formula is C9H14Br2N2O2. The van der Waals surface area contributed by atoms with Gasteiger partial charge in [0.2, 0.25) is 15.3 Å². The zero-order valence-electron chi connectivity index (χ0n) is 9.17. The van der Waals surface area contributed by atoms with E-state index in [1.165, 1.54) is 4.90 Å². The van der Waals surface area contributed by atoms with Gasteiger partial charge in [0.1, 0.15) is 5.41 Å². The maximum atomic E-state index is 12.1. The van der Waals surface area contributed by atoms with Crippen LogP contribution in [-0.2, 0) is 9.59 Å². The van der Waals surface area contributed by atoms with Gasteiger partial charge in [-0.2, -0.15) is 0 Å². The van der Waals surface area contributed by atoms with Crippen LogP contribution in [0.5, 0.6) is 0 Å². The summed E-state index contributed by atoms with van der Waals surface area (Å²) in [5, 5.41) is 0. The maximum absolute atomic E-state index is 12.1. The third kappa shape index (κ3) is 1.71. The average molecular weight is 342 g/mol. The molecule has 1 fully saturated rings. The summed E-state index contributed by atoms with van der Waals surface area (Å²) in [6, 6.07) is 0. The Morgan fingerprint density at radius 1 is 1.20 bits per heavy atom. The van der Waals surface area contributed by atoms with Gasteiger partial charge in [0.15, 0.2) is 0 Å². The van der Waals surface area contributed by atoms with Crippen molar-refractivity contribution >= 4 is 43.7 Å². The summed E-state index contributed by atoms with van der Waals surface area (Å²) >= 11 is 6.69. The van der Waals surface area contributed by atoms with Crippen molar-refractivity contribution in [2.45, 2.75) is 24.3 Å². The van der Waals surface area contributed by atoms with Crippen LogP contribution >= 0.6 is 31.9 Å². The van der Waals surface area contributed by atoms with E-state index in [2.05, 4.69) is 31.9 Å². The Balaban J connectivity index is 3.23. The van der Waals surface area contributed by atoms with E-state index >= 15 is 0 Å². The molecule has 0 saturated carbocycles. The lowest BCUT2D eigenvalue weighted by atomic mass is 9.88. The minimum Gasteiger partial charge on any atom is -0.303 e. The van der Waals surface area contributed by atoms with Gasteiger partial charge in [-0.05, 0) is 52.6 Å². The molecule has 0 aromatic rings. The van der Waals surface area contributed by atoms with Gasteiger partial charge < -0.3 is 9.80 Å². The predicted molar refractivity (Wildman–Crippen MR) is 64.5 cm³/mol. The molecule has 2 amide bonds. The van der Waals surface area contributed by atoms with Gasteiger partial charge >= 0.3 is 0 Å². The van der Waals surface area contributed by atoms with E-state index in [1.54, 1.807) is 25.8 Å². The van der Waals surface area contributed by atoms with Crippen molar-refractivity contribution in [1.82, 2.24) is 9.80 Å². The lowest BCUT2D eigenvalue weighted by Gasteiger charge is -2.49. The number of halogens is 2. The normalized spacial score (nSPS) is 24.7. The molecule has 1 aliphatic rings. The first-order valence-electron chi connectivity index (χ1n) is 4.65. The highest BCUT2D eigenvalue weighted by Crippen LogP contribution is 2.43. The summed E-state index contributed by atoms with van der Waals surface area (Å²) in [6.45, 7) is 5.68. The number of rotatable bonds is 1. The lowest BCUT2D eigenvalue weighted by Crippen LogP contribution is -2.67. The third-order valence-electron chi connectivity index (χ3n) is 2.66. The first-order chi connectivity index (χ1) is 6.67. The van der Waals surface area contributed by atoms with Crippen LogP contribution in [0.1, 0.15) is 20.8 Å². The zero-order chi connectivity index (χ0) is 12.0. The number of hydrogen-bond acceptors (Lipinski definition) is 2. The van der Waals surface area contributed by atoms with Gasteiger partial charge in [-0.1, -0.05) is 0 Å². The Kier molecular flexibility index (Phi) is 3.23. The van der Waals surface area contributed by atoms with Crippen molar-refractivity contribution in [2.24, 2.45) is 5.41 Å². The molecule has 0 spiro atoms. The van der Waals surface area contributed by atoms with Crippen LogP contribution in [0.15, 0.2) is 0 Å². The van der Waals surface area contributed by atoms with Crippen molar-refractivity contribution in [3.8, 4) is 0 Å². The molecule has 0 radical (unpaired) electrons. The van der Waals surface area contributed by atoms with Gasteiger partial charge in [-0.3, -0.25) is 9.59 Å². The Morgan fingerprint density at radius 2 is 1.67 bits per heavy atom. The Hall–Kier alpha value is -0.100. The van der Waals surface area contributed by atoms with Crippen molar-refractivity contribution in [2.75, 3.05) is 13.6 Å². The van der Waals surface area contributed by atoms with E-state index in [-0.39, 0.29) is 11.8 Å². The molecule has 15 heavy (non-hydrogen) atoms. The highest BCUT2D eigenvalue weighted by atomic mass is 79.9. The van der Waals surface area contributed by atoms with E-state index in [9.17, 15) is 9.59 Å². The third-order valence-corrected chi connectivity index (χ3v) is 4.58. The Labute approximate surface area is 106 Å². The fourth-order valence-corrected chi connectivity index (χ4v) is 2.75. The second kappa shape index (κ2) is 3.73. The molecule has 0 aliphatic carbocycles. The second-order valence-corrected chi connectivity index (χ2v) is 7.32. The fourth-order valence-electron chi connectivity index (χ4n) is 1.61. The number of hydrogen-bond donors (Lipinski definition) is 0. The zero-order valence-corrected chi connectivity index (χ0v) is 12.3. The van der Waals surface area contributed by atoms with Crippen LogP contribution in [0.4, 0.5) is 0 Å². The van der Waals surface area contributed by atoms with Crippen LogP contribution in [-0.4, -0.2) is 38.7 Å². The highest BCUT2D eigenvalue weighted by Gasteiger charge is 2.55. The molecule has 1 heterocycles. The molecule has 0 unspecified atom stereocenters. The molecule has 1 saturated heterocycles. The molecule has 0 aromatic heterocycles. The van der Waals surface area contributed by atoms with E-state index in [1.807, 2.05) is 6.92 Å². The molecule has 0 aromatic carbocycles. The summed E-state index contributed by atoms with van der Waals surface area (Å²) in [7, 11) is 1.66. The van der Waals surface area contributed by atoms with Gasteiger partial charge in [-0.25, -0.2) is 0 Å². The number of alkyl halides is 2. The quantitative estimate of drug-likeness (QED) is 0.414. The van der Waals surface area contributed by atoms with E-state index < -0.39 is 8.90 Å². The topological polar surface area (TPSA) is 40.6 Å².